The molecule has 0 unspecified atom stereocenters. The molecule has 1 amide bonds. The van der Waals surface area contributed by atoms with Crippen molar-refractivity contribution in [1.82, 2.24) is 9.80 Å². The highest BCUT2D eigenvalue weighted by Gasteiger charge is 2.25. The molecule has 0 radical (unpaired) electrons. The van der Waals surface area contributed by atoms with Crippen LogP contribution in [0.2, 0.25) is 0 Å². The fourth-order valence-electron chi connectivity index (χ4n) is 3.63. The predicted octanol–water partition coefficient (Wildman–Crippen LogP) is 2.30. The molecule has 2 aliphatic rings. The Hall–Kier alpha value is -1.55. The van der Waals surface area contributed by atoms with Gasteiger partial charge in [-0.05, 0) is 51.9 Å². The van der Waals surface area contributed by atoms with Crippen LogP contribution in [0.15, 0.2) is 18.2 Å². The van der Waals surface area contributed by atoms with E-state index in [9.17, 15) is 4.79 Å². The zero-order chi connectivity index (χ0) is 16.4. The molecule has 2 saturated heterocycles. The molecule has 0 atom stereocenters. The normalized spacial score (nSPS) is 19.1. The molecule has 0 aliphatic carbocycles. The summed E-state index contributed by atoms with van der Waals surface area (Å²) >= 11 is 0. The average Bonchev–Trinajstić information content (AvgIpc) is 2.45. The summed E-state index contributed by atoms with van der Waals surface area (Å²) in [6.45, 7) is 6.15. The summed E-state index contributed by atoms with van der Waals surface area (Å²) in [6, 6.07) is 7.27. The maximum Gasteiger partial charge on any atom is 0.227 e. The van der Waals surface area contributed by atoms with Gasteiger partial charge < -0.3 is 14.7 Å². The van der Waals surface area contributed by atoms with E-state index in [1.807, 2.05) is 4.90 Å². The number of benzene rings is 1. The summed E-state index contributed by atoms with van der Waals surface area (Å²) in [5.41, 5.74) is 3.70. The molecule has 2 fully saturated rings. The van der Waals surface area contributed by atoms with E-state index in [0.29, 0.717) is 12.5 Å². The number of anilines is 1. The molecule has 0 saturated carbocycles. The number of piperidine rings is 1. The summed E-state index contributed by atoms with van der Waals surface area (Å²) in [4.78, 5) is 19.2. The minimum absolute atomic E-state index is 0.284. The van der Waals surface area contributed by atoms with Crippen molar-refractivity contribution in [1.29, 1.82) is 0 Å². The molecule has 1 aromatic rings. The number of hydrogen-bond acceptors (Lipinski definition) is 3. The summed E-state index contributed by atoms with van der Waals surface area (Å²) in [5, 5.41) is 0. The van der Waals surface area contributed by atoms with Crippen LogP contribution >= 0.6 is 0 Å². The maximum absolute atomic E-state index is 12.4. The number of hydrogen-bond donors (Lipinski definition) is 0. The van der Waals surface area contributed by atoms with Crippen molar-refractivity contribution in [2.45, 2.75) is 38.6 Å². The molecule has 0 aromatic heterocycles. The molecule has 0 N–H and O–H groups in total. The van der Waals surface area contributed by atoms with Gasteiger partial charge in [-0.2, -0.15) is 0 Å². The van der Waals surface area contributed by atoms with Gasteiger partial charge in [0.2, 0.25) is 5.91 Å². The minimum atomic E-state index is 0.284. The number of carbonyl (C=O) groups is 1. The zero-order valence-electron chi connectivity index (χ0n) is 14.7. The van der Waals surface area contributed by atoms with E-state index in [1.165, 1.54) is 29.7 Å². The Morgan fingerprint density at radius 3 is 2.43 bits per heavy atom. The van der Waals surface area contributed by atoms with Crippen molar-refractivity contribution < 1.29 is 4.79 Å². The van der Waals surface area contributed by atoms with E-state index in [-0.39, 0.29) is 5.91 Å². The van der Waals surface area contributed by atoms with Crippen LogP contribution in [-0.2, 0) is 11.2 Å². The van der Waals surface area contributed by atoms with E-state index in [4.69, 9.17) is 0 Å². The average molecular weight is 315 g/mol. The van der Waals surface area contributed by atoms with Crippen LogP contribution in [-0.4, -0.2) is 62.0 Å². The number of nitrogens with zero attached hydrogens (tertiary/aromatic N) is 3. The van der Waals surface area contributed by atoms with Gasteiger partial charge in [-0.25, -0.2) is 0 Å². The van der Waals surface area contributed by atoms with E-state index < -0.39 is 0 Å². The van der Waals surface area contributed by atoms with Gasteiger partial charge >= 0.3 is 0 Å². The molecule has 4 heteroatoms. The van der Waals surface area contributed by atoms with Crippen LogP contribution in [0.5, 0.6) is 0 Å². The Kier molecular flexibility index (Phi) is 4.90. The van der Waals surface area contributed by atoms with Crippen LogP contribution in [0.4, 0.5) is 5.69 Å². The fourth-order valence-corrected chi connectivity index (χ4v) is 3.63. The molecule has 3 rings (SSSR count). The molecule has 4 nitrogen and oxygen atoms in total. The van der Waals surface area contributed by atoms with Gasteiger partial charge in [0, 0.05) is 37.9 Å². The van der Waals surface area contributed by atoms with E-state index in [1.54, 1.807) is 0 Å². The van der Waals surface area contributed by atoms with E-state index in [2.05, 4.69) is 49.0 Å². The molecule has 126 valence electrons. The van der Waals surface area contributed by atoms with Gasteiger partial charge in [0.25, 0.3) is 0 Å². The Bertz CT molecular complexity index is 558. The summed E-state index contributed by atoms with van der Waals surface area (Å²) < 4.78 is 0. The monoisotopic (exact) mass is 315 g/mol. The predicted molar refractivity (Wildman–Crippen MR) is 95.0 cm³/mol. The minimum Gasteiger partial charge on any atom is -0.371 e. The third-order valence-corrected chi connectivity index (χ3v) is 5.32. The van der Waals surface area contributed by atoms with Gasteiger partial charge in [-0.15, -0.1) is 0 Å². The summed E-state index contributed by atoms with van der Waals surface area (Å²) in [5.74, 6) is 0.284. The first-order chi connectivity index (χ1) is 11.0. The number of aryl methyl sites for hydroxylation is 1. The SMILES string of the molecule is Cc1ccc(N2CCC(N(C)C)CC2)c(CC(=O)N2CCC2)c1. The highest BCUT2D eigenvalue weighted by Crippen LogP contribution is 2.27. The van der Waals surface area contributed by atoms with E-state index >= 15 is 0 Å². The number of likely N-dealkylation sites (tertiary alicyclic amines) is 1. The Balaban J connectivity index is 1.72. The first kappa shape index (κ1) is 16.3. The van der Waals surface area contributed by atoms with Crippen molar-refractivity contribution in [3.63, 3.8) is 0 Å². The molecule has 0 spiro atoms. The van der Waals surface area contributed by atoms with Crippen LogP contribution in [0, 0.1) is 6.92 Å². The quantitative estimate of drug-likeness (QED) is 0.853. The van der Waals surface area contributed by atoms with Crippen molar-refractivity contribution in [2.24, 2.45) is 0 Å². The number of rotatable bonds is 4. The number of carbonyl (C=O) groups excluding carboxylic acids is 1. The second-order valence-electron chi connectivity index (χ2n) is 7.23. The molecular formula is C19H29N3O. The van der Waals surface area contributed by atoms with Crippen molar-refractivity contribution in [3.8, 4) is 0 Å². The molecule has 23 heavy (non-hydrogen) atoms. The third kappa shape index (κ3) is 3.69. The van der Waals surface area contributed by atoms with E-state index in [0.717, 1.165) is 32.6 Å². The lowest BCUT2D eigenvalue weighted by Gasteiger charge is -2.38. The molecule has 2 aliphatic heterocycles. The third-order valence-electron chi connectivity index (χ3n) is 5.32. The van der Waals surface area contributed by atoms with Gasteiger partial charge in [-0.3, -0.25) is 4.79 Å². The van der Waals surface area contributed by atoms with Gasteiger partial charge in [-0.1, -0.05) is 17.7 Å². The summed E-state index contributed by atoms with van der Waals surface area (Å²) in [6.07, 6.45) is 4.09. The lowest BCUT2D eigenvalue weighted by Crippen LogP contribution is -2.44. The number of amides is 1. The van der Waals surface area contributed by atoms with Gasteiger partial charge in [0.15, 0.2) is 0 Å². The van der Waals surface area contributed by atoms with Crippen molar-refractivity contribution in [2.75, 3.05) is 45.2 Å². The zero-order valence-corrected chi connectivity index (χ0v) is 14.7. The molecule has 1 aromatic carbocycles. The topological polar surface area (TPSA) is 26.8 Å². The lowest BCUT2D eigenvalue weighted by molar-refractivity contribution is -0.133. The molecule has 0 bridgehead atoms. The summed E-state index contributed by atoms with van der Waals surface area (Å²) in [7, 11) is 4.34. The smallest absolute Gasteiger partial charge is 0.227 e. The van der Waals surface area contributed by atoms with Crippen LogP contribution in [0.3, 0.4) is 0 Å². The van der Waals surface area contributed by atoms with Crippen LogP contribution in [0.25, 0.3) is 0 Å². The largest absolute Gasteiger partial charge is 0.371 e. The van der Waals surface area contributed by atoms with Gasteiger partial charge in [0.05, 0.1) is 6.42 Å². The first-order valence-corrected chi connectivity index (χ1v) is 8.83. The second kappa shape index (κ2) is 6.91. The van der Waals surface area contributed by atoms with Crippen molar-refractivity contribution >= 4 is 11.6 Å². The van der Waals surface area contributed by atoms with Gasteiger partial charge in [0.1, 0.15) is 0 Å². The highest BCUT2D eigenvalue weighted by molar-refractivity contribution is 5.81. The van der Waals surface area contributed by atoms with Crippen molar-refractivity contribution in [3.05, 3.63) is 29.3 Å². The second-order valence-corrected chi connectivity index (χ2v) is 7.23. The molecule has 2 heterocycles. The Labute approximate surface area is 140 Å². The standard InChI is InChI=1S/C19H29N3O/c1-15-5-6-18(21-11-7-17(8-12-21)20(2)3)16(13-15)14-19(23)22-9-4-10-22/h5-6,13,17H,4,7-12,14H2,1-3H3. The highest BCUT2D eigenvalue weighted by atomic mass is 16.2. The first-order valence-electron chi connectivity index (χ1n) is 8.83. The van der Waals surface area contributed by atoms with Crippen LogP contribution in [0.1, 0.15) is 30.4 Å². The maximum atomic E-state index is 12.4. The fraction of sp³-hybridized carbons (Fsp3) is 0.632. The Morgan fingerprint density at radius 1 is 1.17 bits per heavy atom. The Morgan fingerprint density at radius 2 is 1.87 bits per heavy atom. The lowest BCUT2D eigenvalue weighted by atomic mass is 9.99. The van der Waals surface area contributed by atoms with Crippen LogP contribution < -0.4 is 4.90 Å². The molecular weight excluding hydrogens is 286 g/mol.